The largest absolute Gasteiger partial charge is 0.506 e. The van der Waals surface area contributed by atoms with Gasteiger partial charge in [-0.3, -0.25) is 9.67 Å². The van der Waals surface area contributed by atoms with E-state index in [2.05, 4.69) is 23.9 Å². The van der Waals surface area contributed by atoms with Crippen LogP contribution in [0.1, 0.15) is 19.9 Å². The van der Waals surface area contributed by atoms with Crippen molar-refractivity contribution in [1.82, 2.24) is 14.8 Å². The number of nitrogens with zero attached hydrogens (tertiary/aromatic N) is 3. The van der Waals surface area contributed by atoms with Crippen LogP contribution in [-0.2, 0) is 0 Å². The summed E-state index contributed by atoms with van der Waals surface area (Å²) in [5, 5.41) is 13.3. The average molecular weight is 203 g/mol. The van der Waals surface area contributed by atoms with E-state index >= 15 is 0 Å². The Morgan fingerprint density at radius 3 is 2.60 bits per heavy atom. The maximum absolute atomic E-state index is 9.11. The van der Waals surface area contributed by atoms with E-state index in [1.54, 1.807) is 18.3 Å². The zero-order valence-electron chi connectivity index (χ0n) is 8.75. The molecule has 0 bridgehead atoms. The van der Waals surface area contributed by atoms with Crippen LogP contribution in [0.3, 0.4) is 0 Å². The summed E-state index contributed by atoms with van der Waals surface area (Å²) < 4.78 is 1.88. The van der Waals surface area contributed by atoms with Crippen LogP contribution in [0.4, 0.5) is 0 Å². The van der Waals surface area contributed by atoms with Crippen LogP contribution < -0.4 is 0 Å². The fourth-order valence-electron chi connectivity index (χ4n) is 1.31. The van der Waals surface area contributed by atoms with E-state index in [0.717, 1.165) is 11.3 Å². The fraction of sp³-hybridized carbons (Fsp3) is 0.273. The van der Waals surface area contributed by atoms with E-state index in [1.807, 2.05) is 10.9 Å². The maximum atomic E-state index is 9.11. The Labute approximate surface area is 88.2 Å². The van der Waals surface area contributed by atoms with E-state index in [-0.39, 0.29) is 5.75 Å². The lowest BCUT2D eigenvalue weighted by Gasteiger charge is -2.02. The molecule has 2 aromatic heterocycles. The fourth-order valence-corrected chi connectivity index (χ4v) is 1.31. The third kappa shape index (κ3) is 1.98. The quantitative estimate of drug-likeness (QED) is 0.814. The molecule has 0 fully saturated rings. The van der Waals surface area contributed by atoms with E-state index < -0.39 is 0 Å². The molecule has 0 radical (unpaired) electrons. The lowest BCUT2D eigenvalue weighted by molar-refractivity contribution is 0.473. The van der Waals surface area contributed by atoms with Gasteiger partial charge in [-0.15, -0.1) is 0 Å². The Morgan fingerprint density at radius 2 is 2.07 bits per heavy atom. The number of aromatic nitrogens is 3. The zero-order valence-corrected chi connectivity index (χ0v) is 8.75. The molecule has 0 aromatic carbocycles. The van der Waals surface area contributed by atoms with Gasteiger partial charge in [0.2, 0.25) is 0 Å². The first-order valence-corrected chi connectivity index (χ1v) is 4.86. The summed E-state index contributed by atoms with van der Waals surface area (Å²) in [6.07, 6.45) is 5.16. The van der Waals surface area contributed by atoms with Crippen LogP contribution >= 0.6 is 0 Å². The summed E-state index contributed by atoms with van der Waals surface area (Å²) in [6, 6.07) is 3.74. The third-order valence-corrected chi connectivity index (χ3v) is 2.17. The predicted octanol–water partition coefficient (Wildman–Crippen LogP) is 2.23. The molecular formula is C11H13N3O. The van der Waals surface area contributed by atoms with Crippen molar-refractivity contribution in [3.05, 3.63) is 30.7 Å². The Morgan fingerprint density at radius 1 is 1.27 bits per heavy atom. The predicted molar refractivity (Wildman–Crippen MR) is 57.5 cm³/mol. The van der Waals surface area contributed by atoms with Crippen LogP contribution in [-0.4, -0.2) is 19.9 Å². The van der Waals surface area contributed by atoms with Crippen molar-refractivity contribution in [2.45, 2.75) is 19.9 Å². The van der Waals surface area contributed by atoms with Gasteiger partial charge in [0, 0.05) is 17.8 Å². The molecule has 0 aliphatic heterocycles. The normalized spacial score (nSPS) is 10.9. The van der Waals surface area contributed by atoms with Gasteiger partial charge in [0.05, 0.1) is 18.1 Å². The smallest absolute Gasteiger partial charge is 0.133 e. The minimum Gasteiger partial charge on any atom is -0.506 e. The second kappa shape index (κ2) is 3.73. The lowest BCUT2D eigenvalue weighted by Crippen LogP contribution is -1.99. The van der Waals surface area contributed by atoms with Crippen molar-refractivity contribution in [2.75, 3.05) is 0 Å². The SMILES string of the molecule is CC(C)n1cc(-c2ccc(O)cn2)cn1. The zero-order chi connectivity index (χ0) is 10.8. The van der Waals surface area contributed by atoms with E-state index in [1.165, 1.54) is 6.20 Å². The third-order valence-electron chi connectivity index (χ3n) is 2.17. The van der Waals surface area contributed by atoms with Gasteiger partial charge >= 0.3 is 0 Å². The van der Waals surface area contributed by atoms with E-state index in [9.17, 15) is 0 Å². The summed E-state index contributed by atoms with van der Waals surface area (Å²) in [5.74, 6) is 0.176. The van der Waals surface area contributed by atoms with Crippen molar-refractivity contribution in [1.29, 1.82) is 0 Å². The second-order valence-electron chi connectivity index (χ2n) is 3.70. The average Bonchev–Trinajstić information content (AvgIpc) is 2.68. The van der Waals surface area contributed by atoms with Crippen LogP contribution in [0.15, 0.2) is 30.7 Å². The minimum absolute atomic E-state index is 0.176. The number of hydrogen-bond donors (Lipinski definition) is 1. The van der Waals surface area contributed by atoms with Gasteiger partial charge in [-0.25, -0.2) is 0 Å². The molecule has 0 unspecified atom stereocenters. The molecule has 0 aliphatic carbocycles. The van der Waals surface area contributed by atoms with Crippen LogP contribution in [0.25, 0.3) is 11.3 Å². The van der Waals surface area contributed by atoms with Crippen LogP contribution in [0, 0.1) is 0 Å². The number of aromatic hydroxyl groups is 1. The Hall–Kier alpha value is -1.84. The molecule has 0 saturated carbocycles. The topological polar surface area (TPSA) is 50.9 Å². The van der Waals surface area contributed by atoms with Crippen LogP contribution in [0.2, 0.25) is 0 Å². The molecule has 2 aromatic rings. The molecule has 0 atom stereocenters. The van der Waals surface area contributed by atoms with Crippen molar-refractivity contribution in [3.63, 3.8) is 0 Å². The molecule has 0 spiro atoms. The van der Waals surface area contributed by atoms with Gasteiger partial charge in [-0.2, -0.15) is 5.10 Å². The van der Waals surface area contributed by atoms with Gasteiger partial charge in [0.15, 0.2) is 0 Å². The van der Waals surface area contributed by atoms with Crippen molar-refractivity contribution in [2.24, 2.45) is 0 Å². The van der Waals surface area contributed by atoms with Gasteiger partial charge in [0.1, 0.15) is 5.75 Å². The highest BCUT2D eigenvalue weighted by Gasteiger charge is 2.04. The Bertz CT molecular complexity index is 445. The molecule has 1 N–H and O–H groups in total. The van der Waals surface area contributed by atoms with E-state index in [0.29, 0.717) is 6.04 Å². The van der Waals surface area contributed by atoms with Gasteiger partial charge in [-0.05, 0) is 26.0 Å². The summed E-state index contributed by atoms with van der Waals surface area (Å²) >= 11 is 0. The van der Waals surface area contributed by atoms with Gasteiger partial charge in [0.25, 0.3) is 0 Å². The summed E-state index contributed by atoms with van der Waals surface area (Å²) in [5.41, 5.74) is 1.78. The molecule has 2 rings (SSSR count). The first-order valence-electron chi connectivity index (χ1n) is 4.86. The number of pyridine rings is 1. The number of rotatable bonds is 2. The first kappa shape index (κ1) is 9.71. The number of hydrogen-bond acceptors (Lipinski definition) is 3. The maximum Gasteiger partial charge on any atom is 0.133 e. The molecule has 15 heavy (non-hydrogen) atoms. The molecule has 4 nitrogen and oxygen atoms in total. The Kier molecular flexibility index (Phi) is 2.41. The second-order valence-corrected chi connectivity index (χ2v) is 3.70. The molecule has 0 amide bonds. The van der Waals surface area contributed by atoms with Gasteiger partial charge in [-0.1, -0.05) is 0 Å². The summed E-state index contributed by atoms with van der Waals surface area (Å²) in [4.78, 5) is 4.12. The minimum atomic E-state index is 0.176. The molecule has 78 valence electrons. The molecule has 0 aliphatic rings. The summed E-state index contributed by atoms with van der Waals surface area (Å²) in [6.45, 7) is 4.14. The first-order chi connectivity index (χ1) is 7.16. The molecule has 4 heteroatoms. The molecular weight excluding hydrogens is 190 g/mol. The summed E-state index contributed by atoms with van der Waals surface area (Å²) in [7, 11) is 0. The standard InChI is InChI=1S/C11H13N3O/c1-8(2)14-7-9(5-13-14)11-4-3-10(15)6-12-11/h3-8,15H,1-2H3. The molecule has 2 heterocycles. The molecule has 0 saturated heterocycles. The van der Waals surface area contributed by atoms with Crippen LogP contribution in [0.5, 0.6) is 5.75 Å². The Balaban J connectivity index is 2.33. The highest BCUT2D eigenvalue weighted by atomic mass is 16.3. The van der Waals surface area contributed by atoms with Gasteiger partial charge < -0.3 is 5.11 Å². The lowest BCUT2D eigenvalue weighted by atomic mass is 10.2. The highest BCUT2D eigenvalue weighted by Crippen LogP contribution is 2.19. The van der Waals surface area contributed by atoms with Crippen molar-refractivity contribution < 1.29 is 5.11 Å². The van der Waals surface area contributed by atoms with Crippen molar-refractivity contribution >= 4 is 0 Å². The monoisotopic (exact) mass is 203 g/mol. The van der Waals surface area contributed by atoms with Crippen molar-refractivity contribution in [3.8, 4) is 17.0 Å². The highest BCUT2D eigenvalue weighted by molar-refractivity contribution is 5.57. The van der Waals surface area contributed by atoms with E-state index in [4.69, 9.17) is 5.11 Å².